The number of rotatable bonds is 4. The molecule has 0 atom stereocenters. The molecule has 1 saturated carbocycles. The van der Waals surface area contributed by atoms with Crippen LogP contribution in [-0.2, 0) is 11.3 Å². The molecule has 2 aliphatic heterocycles. The number of halogens is 1. The summed E-state index contributed by atoms with van der Waals surface area (Å²) >= 11 is 0. The molecule has 0 unspecified atom stereocenters. The number of nitrogens with one attached hydrogen (secondary N) is 2. The van der Waals surface area contributed by atoms with Gasteiger partial charge in [0, 0.05) is 31.9 Å². The number of hydrogen-bond donors (Lipinski definition) is 2. The zero-order valence-corrected chi connectivity index (χ0v) is 17.3. The second kappa shape index (κ2) is 9.27. The van der Waals surface area contributed by atoms with E-state index in [1.807, 2.05) is 4.90 Å². The van der Waals surface area contributed by atoms with Crippen LogP contribution in [0.1, 0.15) is 61.7 Å². The zero-order chi connectivity index (χ0) is 18.7. The lowest BCUT2D eigenvalue weighted by Gasteiger charge is -2.38. The number of piperidine rings is 1. The quantitative estimate of drug-likeness (QED) is 0.796. The van der Waals surface area contributed by atoms with Crippen LogP contribution in [0.25, 0.3) is 0 Å². The van der Waals surface area contributed by atoms with Crippen LogP contribution in [0, 0.1) is 5.41 Å². The summed E-state index contributed by atoms with van der Waals surface area (Å²) in [7, 11) is 0. The maximum absolute atomic E-state index is 12.8. The van der Waals surface area contributed by atoms with Crippen molar-refractivity contribution in [3.05, 3.63) is 18.0 Å². The molecule has 7 nitrogen and oxygen atoms in total. The fourth-order valence-corrected chi connectivity index (χ4v) is 4.82. The third-order valence-corrected chi connectivity index (χ3v) is 6.60. The molecule has 1 aromatic heterocycles. The molecular formula is C20H32ClN5O2. The van der Waals surface area contributed by atoms with E-state index in [0.29, 0.717) is 17.0 Å². The molecule has 2 N–H and O–H groups in total. The highest BCUT2D eigenvalue weighted by atomic mass is 35.5. The van der Waals surface area contributed by atoms with Crippen molar-refractivity contribution in [3.8, 4) is 0 Å². The Hall–Kier alpha value is -1.60. The highest BCUT2D eigenvalue weighted by molar-refractivity contribution is 5.93. The van der Waals surface area contributed by atoms with E-state index in [0.717, 1.165) is 51.9 Å². The lowest BCUT2D eigenvalue weighted by atomic mass is 9.78. The second-order valence-electron chi connectivity index (χ2n) is 8.55. The van der Waals surface area contributed by atoms with Gasteiger partial charge < -0.3 is 15.5 Å². The fraction of sp³-hybridized carbons (Fsp3) is 0.750. The Morgan fingerprint density at radius 1 is 1.18 bits per heavy atom. The number of hydrogen-bond acceptors (Lipinski definition) is 4. The van der Waals surface area contributed by atoms with E-state index in [2.05, 4.69) is 15.7 Å². The number of carbonyl (C=O) groups is 2. The molecule has 0 aromatic carbocycles. The van der Waals surface area contributed by atoms with Gasteiger partial charge in [-0.25, -0.2) is 0 Å². The van der Waals surface area contributed by atoms with Crippen molar-refractivity contribution in [2.75, 3.05) is 26.2 Å². The highest BCUT2D eigenvalue weighted by Gasteiger charge is 2.38. The zero-order valence-electron chi connectivity index (χ0n) is 16.5. The Morgan fingerprint density at radius 2 is 1.93 bits per heavy atom. The van der Waals surface area contributed by atoms with Crippen molar-refractivity contribution in [2.45, 2.75) is 64.0 Å². The van der Waals surface area contributed by atoms with Crippen molar-refractivity contribution in [3.63, 3.8) is 0 Å². The monoisotopic (exact) mass is 409 g/mol. The van der Waals surface area contributed by atoms with Crippen LogP contribution in [-0.4, -0.2) is 58.7 Å². The van der Waals surface area contributed by atoms with E-state index in [4.69, 9.17) is 0 Å². The van der Waals surface area contributed by atoms with Crippen LogP contribution in [0.5, 0.6) is 0 Å². The molecule has 3 heterocycles. The SMILES string of the molecule is Cl.O=C(Cn1cc(C(=O)N2CCC3(CCNC3)CC2)cn1)NC1CCCCC1. The van der Waals surface area contributed by atoms with Crippen molar-refractivity contribution >= 4 is 24.2 Å². The Bertz CT molecular complexity index is 670. The predicted octanol–water partition coefficient (Wildman–Crippen LogP) is 1.97. The van der Waals surface area contributed by atoms with E-state index in [9.17, 15) is 9.59 Å². The molecule has 156 valence electrons. The van der Waals surface area contributed by atoms with E-state index < -0.39 is 0 Å². The topological polar surface area (TPSA) is 79.3 Å². The van der Waals surface area contributed by atoms with Gasteiger partial charge in [-0.1, -0.05) is 19.3 Å². The minimum Gasteiger partial charge on any atom is -0.352 e. The van der Waals surface area contributed by atoms with Crippen LogP contribution in [0.15, 0.2) is 12.4 Å². The maximum atomic E-state index is 12.8. The van der Waals surface area contributed by atoms with E-state index in [1.54, 1.807) is 17.1 Å². The van der Waals surface area contributed by atoms with Gasteiger partial charge in [0.1, 0.15) is 6.54 Å². The Morgan fingerprint density at radius 3 is 2.61 bits per heavy atom. The predicted molar refractivity (Wildman–Crippen MR) is 110 cm³/mol. The smallest absolute Gasteiger partial charge is 0.257 e. The van der Waals surface area contributed by atoms with Gasteiger partial charge in [0.2, 0.25) is 5.91 Å². The number of nitrogens with zero attached hydrogens (tertiary/aromatic N) is 3. The van der Waals surface area contributed by atoms with Gasteiger partial charge in [-0.15, -0.1) is 12.4 Å². The third-order valence-electron chi connectivity index (χ3n) is 6.60. The van der Waals surface area contributed by atoms with Gasteiger partial charge in [-0.3, -0.25) is 14.3 Å². The van der Waals surface area contributed by atoms with Gasteiger partial charge in [-0.2, -0.15) is 5.10 Å². The molecular weight excluding hydrogens is 378 g/mol. The largest absolute Gasteiger partial charge is 0.352 e. The number of likely N-dealkylation sites (tertiary alicyclic amines) is 1. The molecule has 4 rings (SSSR count). The summed E-state index contributed by atoms with van der Waals surface area (Å²) in [5.74, 6) is 0.0207. The third kappa shape index (κ3) is 4.87. The van der Waals surface area contributed by atoms with E-state index in [1.165, 1.54) is 25.7 Å². The lowest BCUT2D eigenvalue weighted by molar-refractivity contribution is -0.122. The highest BCUT2D eigenvalue weighted by Crippen LogP contribution is 2.37. The molecule has 0 radical (unpaired) electrons. The first kappa shape index (κ1) is 21.1. The summed E-state index contributed by atoms with van der Waals surface area (Å²) in [6.45, 7) is 3.99. The summed E-state index contributed by atoms with van der Waals surface area (Å²) in [4.78, 5) is 26.9. The maximum Gasteiger partial charge on any atom is 0.257 e. The van der Waals surface area contributed by atoms with Crippen LogP contribution in [0.3, 0.4) is 0 Å². The number of amides is 2. The minimum absolute atomic E-state index is 0. The molecule has 1 aromatic rings. The van der Waals surface area contributed by atoms with Gasteiger partial charge >= 0.3 is 0 Å². The minimum atomic E-state index is -0.0161. The molecule has 3 aliphatic rings. The molecule has 0 bridgehead atoms. The van der Waals surface area contributed by atoms with Gasteiger partial charge in [0.15, 0.2) is 0 Å². The normalized spacial score (nSPS) is 22.1. The molecule has 2 amide bonds. The molecule has 1 aliphatic carbocycles. The van der Waals surface area contributed by atoms with Crippen LogP contribution >= 0.6 is 12.4 Å². The standard InChI is InChI=1S/C20H31N5O2.ClH/c26-18(23-17-4-2-1-3-5-17)14-25-13-16(12-22-25)19(27)24-10-7-20(8-11-24)6-9-21-15-20;/h12-13,17,21H,1-11,14-15H2,(H,23,26);1H. The molecule has 1 spiro atoms. The summed E-state index contributed by atoms with van der Waals surface area (Å²) in [5, 5.41) is 10.8. The second-order valence-corrected chi connectivity index (χ2v) is 8.55. The van der Waals surface area contributed by atoms with Crippen molar-refractivity contribution in [1.82, 2.24) is 25.3 Å². The van der Waals surface area contributed by atoms with Crippen LogP contribution in [0.2, 0.25) is 0 Å². The van der Waals surface area contributed by atoms with Crippen LogP contribution in [0.4, 0.5) is 0 Å². The molecule has 8 heteroatoms. The average molecular weight is 410 g/mol. The van der Waals surface area contributed by atoms with Crippen molar-refractivity contribution in [1.29, 1.82) is 0 Å². The lowest BCUT2D eigenvalue weighted by Crippen LogP contribution is -2.44. The van der Waals surface area contributed by atoms with Crippen LogP contribution < -0.4 is 10.6 Å². The van der Waals surface area contributed by atoms with Gasteiger partial charge in [-0.05, 0) is 44.1 Å². The summed E-state index contributed by atoms with van der Waals surface area (Å²) in [6, 6.07) is 0.300. The first-order valence-corrected chi connectivity index (χ1v) is 10.5. The Labute approximate surface area is 173 Å². The first-order chi connectivity index (χ1) is 13.1. The van der Waals surface area contributed by atoms with Crippen molar-refractivity contribution in [2.24, 2.45) is 5.41 Å². The van der Waals surface area contributed by atoms with Gasteiger partial charge in [0.25, 0.3) is 5.91 Å². The fourth-order valence-electron chi connectivity index (χ4n) is 4.82. The Kier molecular flexibility index (Phi) is 6.99. The first-order valence-electron chi connectivity index (χ1n) is 10.5. The van der Waals surface area contributed by atoms with Gasteiger partial charge in [0.05, 0.1) is 11.8 Å². The number of carbonyl (C=O) groups excluding carboxylic acids is 2. The Balaban J connectivity index is 0.00000225. The van der Waals surface area contributed by atoms with E-state index >= 15 is 0 Å². The molecule has 3 fully saturated rings. The average Bonchev–Trinajstić information content (AvgIpc) is 3.33. The molecule has 2 saturated heterocycles. The summed E-state index contributed by atoms with van der Waals surface area (Å²) in [6.07, 6.45) is 12.5. The van der Waals surface area contributed by atoms with E-state index in [-0.39, 0.29) is 30.8 Å². The summed E-state index contributed by atoms with van der Waals surface area (Å²) < 4.78 is 1.58. The molecule has 28 heavy (non-hydrogen) atoms. The number of aromatic nitrogens is 2. The summed E-state index contributed by atoms with van der Waals surface area (Å²) in [5.41, 5.74) is 0.985. The van der Waals surface area contributed by atoms with Crippen molar-refractivity contribution < 1.29 is 9.59 Å².